The zero-order valence-corrected chi connectivity index (χ0v) is 13.2. The van der Waals surface area contributed by atoms with Gasteiger partial charge in [-0.3, -0.25) is 9.78 Å². The highest BCUT2D eigenvalue weighted by atomic mass is 16.5. The molecule has 0 aliphatic heterocycles. The van der Waals surface area contributed by atoms with Crippen LogP contribution in [0.2, 0.25) is 0 Å². The number of nitrogens with one attached hydrogen (secondary N) is 1. The molecule has 1 aromatic carbocycles. The third kappa shape index (κ3) is 3.57. The van der Waals surface area contributed by atoms with E-state index >= 15 is 0 Å². The van der Waals surface area contributed by atoms with Crippen LogP contribution in [0.25, 0.3) is 5.69 Å². The van der Waals surface area contributed by atoms with Crippen molar-refractivity contribution < 1.29 is 9.53 Å². The number of hydrogen-bond acceptors (Lipinski definition) is 5. The molecular formula is C17H17N5O2. The van der Waals surface area contributed by atoms with Crippen LogP contribution in [0, 0.1) is 0 Å². The molecule has 3 aromatic rings. The van der Waals surface area contributed by atoms with Crippen molar-refractivity contribution in [2.45, 2.75) is 13.5 Å². The fourth-order valence-electron chi connectivity index (χ4n) is 2.20. The third-order valence-corrected chi connectivity index (χ3v) is 3.33. The Bertz CT molecular complexity index is 817. The molecule has 2 aromatic heterocycles. The smallest absolute Gasteiger partial charge is 0.255 e. The molecule has 3 rings (SSSR count). The highest BCUT2D eigenvalue weighted by Gasteiger charge is 2.12. The summed E-state index contributed by atoms with van der Waals surface area (Å²) in [7, 11) is 0. The number of carbonyl (C=O) groups is 1. The van der Waals surface area contributed by atoms with E-state index < -0.39 is 0 Å². The van der Waals surface area contributed by atoms with Crippen LogP contribution < -0.4 is 10.1 Å². The van der Waals surface area contributed by atoms with E-state index in [2.05, 4.69) is 20.6 Å². The number of carbonyl (C=O) groups excluding carboxylic acids is 1. The van der Waals surface area contributed by atoms with Crippen molar-refractivity contribution in [2.24, 2.45) is 0 Å². The maximum Gasteiger partial charge on any atom is 0.255 e. The Morgan fingerprint density at radius 1 is 1.21 bits per heavy atom. The summed E-state index contributed by atoms with van der Waals surface area (Å²) in [5, 5.41) is 10.9. The highest BCUT2D eigenvalue weighted by molar-refractivity contribution is 5.96. The van der Waals surface area contributed by atoms with Gasteiger partial charge in [-0.25, -0.2) is 4.68 Å². The molecule has 122 valence electrons. The summed E-state index contributed by atoms with van der Waals surface area (Å²) < 4.78 is 7.11. The molecule has 1 amide bonds. The van der Waals surface area contributed by atoms with Gasteiger partial charge in [-0.2, -0.15) is 0 Å². The minimum Gasteiger partial charge on any atom is -0.493 e. The normalized spacial score (nSPS) is 10.4. The van der Waals surface area contributed by atoms with Crippen LogP contribution in [0.1, 0.15) is 23.0 Å². The lowest BCUT2D eigenvalue weighted by Crippen LogP contribution is -2.23. The average Bonchev–Trinajstić information content (AvgIpc) is 3.10. The lowest BCUT2D eigenvalue weighted by molar-refractivity contribution is 0.0946. The van der Waals surface area contributed by atoms with Crippen molar-refractivity contribution in [1.29, 1.82) is 0 Å². The fraction of sp³-hybridized carbons (Fsp3) is 0.176. The number of benzene rings is 1. The second kappa shape index (κ2) is 7.36. The Kier molecular flexibility index (Phi) is 4.81. The van der Waals surface area contributed by atoms with E-state index in [1.54, 1.807) is 41.5 Å². The van der Waals surface area contributed by atoms with Crippen LogP contribution >= 0.6 is 0 Å². The number of hydrogen-bond donors (Lipinski definition) is 1. The Labute approximate surface area is 139 Å². The summed E-state index contributed by atoms with van der Waals surface area (Å²) in [5.41, 5.74) is 2.02. The van der Waals surface area contributed by atoms with Gasteiger partial charge in [-0.1, -0.05) is 17.3 Å². The summed E-state index contributed by atoms with van der Waals surface area (Å²) in [4.78, 5) is 16.3. The van der Waals surface area contributed by atoms with Crippen LogP contribution in [0.4, 0.5) is 0 Å². The number of aromatic nitrogens is 4. The van der Waals surface area contributed by atoms with Crippen molar-refractivity contribution in [3.8, 4) is 11.4 Å². The number of pyridine rings is 1. The van der Waals surface area contributed by atoms with Crippen LogP contribution in [0.15, 0.2) is 55.0 Å². The Balaban J connectivity index is 1.66. The van der Waals surface area contributed by atoms with Crippen LogP contribution in [0.5, 0.6) is 5.75 Å². The molecule has 0 atom stereocenters. The number of nitrogens with zero attached hydrogens (tertiary/aromatic N) is 4. The summed E-state index contributed by atoms with van der Waals surface area (Å²) in [6.07, 6.45) is 5.14. The first kappa shape index (κ1) is 15.7. The minimum absolute atomic E-state index is 0.211. The summed E-state index contributed by atoms with van der Waals surface area (Å²) >= 11 is 0. The van der Waals surface area contributed by atoms with Crippen molar-refractivity contribution in [3.63, 3.8) is 0 Å². The predicted octanol–water partition coefficient (Wildman–Crippen LogP) is 1.99. The molecule has 0 unspecified atom stereocenters. The lowest BCUT2D eigenvalue weighted by atomic mass is 10.2. The Morgan fingerprint density at radius 2 is 2.00 bits per heavy atom. The Hall–Kier alpha value is -3.22. The van der Waals surface area contributed by atoms with Gasteiger partial charge in [0.15, 0.2) is 0 Å². The van der Waals surface area contributed by atoms with Gasteiger partial charge in [-0.15, -0.1) is 5.10 Å². The molecule has 0 radical (unpaired) electrons. The van der Waals surface area contributed by atoms with Gasteiger partial charge >= 0.3 is 0 Å². The Morgan fingerprint density at radius 3 is 2.79 bits per heavy atom. The van der Waals surface area contributed by atoms with E-state index in [4.69, 9.17) is 4.74 Å². The van der Waals surface area contributed by atoms with Gasteiger partial charge in [0, 0.05) is 12.4 Å². The van der Waals surface area contributed by atoms with Gasteiger partial charge < -0.3 is 10.1 Å². The lowest BCUT2D eigenvalue weighted by Gasteiger charge is -2.09. The second-order valence-corrected chi connectivity index (χ2v) is 4.97. The number of amides is 1. The molecule has 0 aliphatic carbocycles. The first-order valence-corrected chi connectivity index (χ1v) is 7.59. The summed E-state index contributed by atoms with van der Waals surface area (Å²) in [6.45, 7) is 2.67. The maximum atomic E-state index is 12.3. The predicted molar refractivity (Wildman–Crippen MR) is 87.9 cm³/mol. The van der Waals surface area contributed by atoms with Gasteiger partial charge in [0.25, 0.3) is 5.91 Å². The highest BCUT2D eigenvalue weighted by Crippen LogP contribution is 2.17. The van der Waals surface area contributed by atoms with E-state index in [0.29, 0.717) is 23.6 Å². The summed E-state index contributed by atoms with van der Waals surface area (Å²) in [5.74, 6) is 0.357. The molecule has 0 fully saturated rings. The zero-order chi connectivity index (χ0) is 16.8. The van der Waals surface area contributed by atoms with E-state index in [1.807, 2.05) is 25.1 Å². The first-order valence-electron chi connectivity index (χ1n) is 7.59. The number of rotatable bonds is 6. The molecule has 7 nitrogen and oxygen atoms in total. The first-order chi connectivity index (χ1) is 11.8. The van der Waals surface area contributed by atoms with Crippen LogP contribution in [0.3, 0.4) is 0 Å². The van der Waals surface area contributed by atoms with Crippen molar-refractivity contribution >= 4 is 5.91 Å². The molecule has 0 saturated heterocycles. The van der Waals surface area contributed by atoms with E-state index in [0.717, 1.165) is 5.69 Å². The fourth-order valence-corrected chi connectivity index (χ4v) is 2.20. The van der Waals surface area contributed by atoms with E-state index in [1.165, 1.54) is 0 Å². The monoisotopic (exact) mass is 323 g/mol. The van der Waals surface area contributed by atoms with Crippen molar-refractivity contribution in [1.82, 2.24) is 25.3 Å². The average molecular weight is 323 g/mol. The maximum absolute atomic E-state index is 12.3. The van der Waals surface area contributed by atoms with Gasteiger partial charge in [0.05, 0.1) is 30.6 Å². The molecule has 0 saturated carbocycles. The van der Waals surface area contributed by atoms with Crippen molar-refractivity contribution in [2.75, 3.05) is 6.61 Å². The quantitative estimate of drug-likeness (QED) is 0.750. The SMILES string of the molecule is CCOc1ccccc1C(=O)NCc1cn(-c2ccncc2)nn1. The molecule has 24 heavy (non-hydrogen) atoms. The minimum atomic E-state index is -0.211. The van der Waals surface area contributed by atoms with Gasteiger partial charge in [0.1, 0.15) is 11.4 Å². The third-order valence-electron chi connectivity index (χ3n) is 3.33. The summed E-state index contributed by atoms with van der Waals surface area (Å²) in [6, 6.07) is 10.8. The van der Waals surface area contributed by atoms with Crippen LogP contribution in [-0.4, -0.2) is 32.5 Å². The zero-order valence-electron chi connectivity index (χ0n) is 13.2. The second-order valence-electron chi connectivity index (χ2n) is 4.97. The molecule has 2 heterocycles. The largest absolute Gasteiger partial charge is 0.493 e. The molecule has 7 heteroatoms. The van der Waals surface area contributed by atoms with Crippen LogP contribution in [-0.2, 0) is 6.54 Å². The van der Waals surface area contributed by atoms with Gasteiger partial charge in [0.2, 0.25) is 0 Å². The molecular weight excluding hydrogens is 306 g/mol. The van der Waals surface area contributed by atoms with Gasteiger partial charge in [-0.05, 0) is 31.2 Å². The van der Waals surface area contributed by atoms with Crippen molar-refractivity contribution in [3.05, 3.63) is 66.2 Å². The standard InChI is InChI=1S/C17H17N5O2/c1-2-24-16-6-4-3-5-15(16)17(23)19-11-13-12-22(21-20-13)14-7-9-18-10-8-14/h3-10,12H,2,11H2,1H3,(H,19,23). The van der Waals surface area contributed by atoms with E-state index in [9.17, 15) is 4.79 Å². The number of ether oxygens (including phenoxy) is 1. The van der Waals surface area contributed by atoms with E-state index in [-0.39, 0.29) is 12.5 Å². The number of para-hydroxylation sites is 1. The topological polar surface area (TPSA) is 81.9 Å². The molecule has 0 spiro atoms. The molecule has 0 aliphatic rings. The molecule has 0 bridgehead atoms. The molecule has 1 N–H and O–H groups in total.